The number of unbranched alkanes of at least 4 members (excludes halogenated alkanes) is 2. The first kappa shape index (κ1) is 53.3. The lowest BCUT2D eigenvalue weighted by Crippen LogP contribution is -2.11. The minimum atomic E-state index is -0.0927. The van der Waals surface area contributed by atoms with E-state index in [1.165, 1.54) is 0 Å². The van der Waals surface area contributed by atoms with E-state index in [2.05, 4.69) is 10.6 Å². The monoisotopic (exact) mass is 829 g/mol. The number of nitrogens with two attached hydrogens (primary N) is 2. The summed E-state index contributed by atoms with van der Waals surface area (Å²) in [5.41, 5.74) is 16.1. The van der Waals surface area contributed by atoms with Crippen molar-refractivity contribution in [1.82, 2.24) is 10.6 Å². The lowest BCUT2D eigenvalue weighted by Gasteiger charge is -2.05. The molecule has 4 rings (SSSR count). The Morgan fingerprint density at radius 1 is 0.400 bits per heavy atom. The van der Waals surface area contributed by atoms with Crippen molar-refractivity contribution >= 4 is 23.1 Å². The Bertz CT molecular complexity index is 1750. The molecule has 10 N–H and O–H groups in total. The molecule has 0 atom stereocenters. The van der Waals surface area contributed by atoms with Crippen LogP contribution in [0.25, 0.3) is 0 Å². The van der Waals surface area contributed by atoms with Gasteiger partial charge in [-0.2, -0.15) is 0 Å². The summed E-state index contributed by atoms with van der Waals surface area (Å²) in [5, 5.41) is 42.3. The van der Waals surface area contributed by atoms with Crippen LogP contribution in [0.2, 0.25) is 0 Å². The molecular formula is C48H68N4O8. The van der Waals surface area contributed by atoms with E-state index in [1.807, 2.05) is 56.6 Å². The summed E-state index contributed by atoms with van der Waals surface area (Å²) in [6, 6.07) is 28.7. The topological polar surface area (TPSA) is 225 Å². The molecule has 0 radical (unpaired) electrons. The van der Waals surface area contributed by atoms with E-state index in [9.17, 15) is 19.2 Å². The molecule has 4 aromatic carbocycles. The number of rotatable bonds is 24. The minimum absolute atomic E-state index is 0.0556. The van der Waals surface area contributed by atoms with Crippen molar-refractivity contribution < 1.29 is 39.6 Å². The van der Waals surface area contributed by atoms with Crippen LogP contribution in [0.3, 0.4) is 0 Å². The lowest BCUT2D eigenvalue weighted by atomic mass is 10.0. The van der Waals surface area contributed by atoms with Crippen LogP contribution in [0.4, 0.5) is 0 Å². The summed E-state index contributed by atoms with van der Waals surface area (Å²) in [5.74, 6) is 0.379. The summed E-state index contributed by atoms with van der Waals surface area (Å²) in [7, 11) is 3.77. The zero-order valence-corrected chi connectivity index (χ0v) is 35.5. The zero-order valence-electron chi connectivity index (χ0n) is 35.5. The molecule has 12 nitrogen and oxygen atoms in total. The molecule has 60 heavy (non-hydrogen) atoms. The quantitative estimate of drug-likeness (QED) is 0.0315. The highest BCUT2D eigenvalue weighted by atomic mass is 16.3. The van der Waals surface area contributed by atoms with Crippen molar-refractivity contribution in [2.45, 2.75) is 90.6 Å². The van der Waals surface area contributed by atoms with Gasteiger partial charge in [0.2, 0.25) is 0 Å². The van der Waals surface area contributed by atoms with Gasteiger partial charge in [0.05, 0.1) is 26.4 Å². The van der Waals surface area contributed by atoms with Crippen molar-refractivity contribution in [3.63, 3.8) is 0 Å². The van der Waals surface area contributed by atoms with Crippen molar-refractivity contribution in [1.29, 1.82) is 0 Å². The van der Waals surface area contributed by atoms with Gasteiger partial charge in [-0.25, -0.2) is 0 Å². The number of carbonyl (C=O) groups is 4. The maximum absolute atomic E-state index is 11.9. The average molecular weight is 829 g/mol. The third-order valence-corrected chi connectivity index (χ3v) is 9.33. The normalized spacial score (nSPS) is 10.3. The van der Waals surface area contributed by atoms with Crippen LogP contribution >= 0.6 is 0 Å². The van der Waals surface area contributed by atoms with E-state index < -0.39 is 0 Å². The number of carbonyl (C=O) groups excluding carboxylic acids is 4. The Morgan fingerprint density at radius 2 is 0.667 bits per heavy atom. The molecule has 0 spiro atoms. The van der Waals surface area contributed by atoms with Crippen LogP contribution < -0.4 is 22.1 Å². The van der Waals surface area contributed by atoms with Gasteiger partial charge in [0.15, 0.2) is 23.1 Å². The molecule has 0 saturated heterocycles. The van der Waals surface area contributed by atoms with Gasteiger partial charge >= 0.3 is 0 Å². The number of aliphatic hydroxyl groups excluding tert-OH is 4. The Kier molecular flexibility index (Phi) is 30.2. The molecule has 0 saturated carbocycles. The van der Waals surface area contributed by atoms with E-state index in [4.69, 9.17) is 31.9 Å². The van der Waals surface area contributed by atoms with Crippen LogP contribution in [0, 0.1) is 0 Å². The molecule has 0 fully saturated rings. The van der Waals surface area contributed by atoms with Crippen LogP contribution in [0.1, 0.15) is 128 Å². The second-order valence-electron chi connectivity index (χ2n) is 13.9. The van der Waals surface area contributed by atoms with Gasteiger partial charge in [0.1, 0.15) is 0 Å². The average Bonchev–Trinajstić information content (AvgIpc) is 3.30. The summed E-state index contributed by atoms with van der Waals surface area (Å²) < 4.78 is 0. The lowest BCUT2D eigenvalue weighted by molar-refractivity contribution is 0.0968. The molecule has 0 aliphatic rings. The van der Waals surface area contributed by atoms with Gasteiger partial charge in [-0.1, -0.05) is 97.1 Å². The molecule has 12 heteroatoms. The highest BCUT2D eigenvalue weighted by Crippen LogP contribution is 2.15. The molecule has 0 unspecified atom stereocenters. The summed E-state index contributed by atoms with van der Waals surface area (Å²) in [6.45, 7) is 2.60. The number of aliphatic hydroxyl groups is 4. The van der Waals surface area contributed by atoms with Crippen molar-refractivity contribution in [3.8, 4) is 0 Å². The van der Waals surface area contributed by atoms with Crippen LogP contribution in [0.5, 0.6) is 0 Å². The summed E-state index contributed by atoms with van der Waals surface area (Å²) in [4.78, 5) is 47.0. The number of nitrogens with one attached hydrogen (secondary N) is 2. The van der Waals surface area contributed by atoms with Gasteiger partial charge in [-0.3, -0.25) is 19.2 Å². The van der Waals surface area contributed by atoms with E-state index >= 15 is 0 Å². The molecule has 0 bridgehead atoms. The first-order chi connectivity index (χ1) is 29.2. The minimum Gasteiger partial charge on any atom is -0.392 e. The number of Topliss-reactive ketones (excluding diaryl/α,β-unsaturated/α-hetero) is 4. The molecule has 0 amide bonds. The third kappa shape index (κ3) is 21.0. The Balaban J connectivity index is 0.000000400. The van der Waals surface area contributed by atoms with Crippen molar-refractivity contribution in [2.75, 3.05) is 40.3 Å². The van der Waals surface area contributed by atoms with Crippen LogP contribution in [-0.4, -0.2) is 83.8 Å². The number of hydrogen-bond donors (Lipinski definition) is 8. The SMILES string of the molecule is CNCCCC(=O)c1ccccc1CO.CNCCCCC(=O)c1ccccc1CO.NCCCC(=O)c1ccccc1CO.NCCCCC(=O)c1ccccc1CO. The molecule has 0 heterocycles. The standard InChI is InChI=1S/C13H19NO2.2C12H17NO2.C11H15NO2/c1-14-9-5-4-8-13(16)12-7-3-2-6-11(12)10-15;1-13-8-4-7-12(15)11-6-3-2-5-10(11)9-14;13-8-4-3-7-12(15)11-6-2-1-5-10(11)9-14;12-7-3-6-11(14)10-5-2-1-4-9(10)8-13/h2-3,6-7,14-15H,4-5,8-10H2,1H3;2-3,5-6,13-14H,4,7-9H2,1H3;1-2,5-6,14H,3-4,7-9,13H2;1-2,4-5,13H,3,6-8,12H2. The largest absolute Gasteiger partial charge is 0.392 e. The molecule has 4 aromatic rings. The van der Waals surface area contributed by atoms with Gasteiger partial charge in [0, 0.05) is 47.9 Å². The summed E-state index contributed by atoms with van der Waals surface area (Å²) >= 11 is 0. The predicted molar refractivity (Wildman–Crippen MR) is 239 cm³/mol. The fourth-order valence-electron chi connectivity index (χ4n) is 5.97. The number of benzene rings is 4. The molecular weight excluding hydrogens is 761 g/mol. The maximum atomic E-state index is 11.9. The first-order valence-corrected chi connectivity index (χ1v) is 20.7. The van der Waals surface area contributed by atoms with Crippen LogP contribution in [0.15, 0.2) is 97.1 Å². The van der Waals surface area contributed by atoms with Gasteiger partial charge in [-0.05, 0) is 101 Å². The molecule has 328 valence electrons. The van der Waals surface area contributed by atoms with Gasteiger partial charge < -0.3 is 42.5 Å². The fraction of sp³-hybridized carbons (Fsp3) is 0.417. The number of ketones is 4. The van der Waals surface area contributed by atoms with Crippen LogP contribution in [-0.2, 0) is 26.4 Å². The third-order valence-electron chi connectivity index (χ3n) is 9.33. The Morgan fingerprint density at radius 3 is 0.967 bits per heavy atom. The molecule has 0 aliphatic carbocycles. The predicted octanol–water partition coefficient (Wildman–Crippen LogP) is 5.70. The first-order valence-electron chi connectivity index (χ1n) is 20.7. The van der Waals surface area contributed by atoms with Crippen molar-refractivity contribution in [3.05, 3.63) is 142 Å². The Labute approximate surface area is 356 Å². The van der Waals surface area contributed by atoms with Gasteiger partial charge in [0.25, 0.3) is 0 Å². The van der Waals surface area contributed by atoms with E-state index in [1.54, 1.807) is 54.6 Å². The molecule has 0 aromatic heterocycles. The number of hydrogen-bond acceptors (Lipinski definition) is 12. The highest BCUT2D eigenvalue weighted by molar-refractivity contribution is 5.99. The molecule has 0 aliphatic heterocycles. The zero-order chi connectivity index (χ0) is 44.4. The van der Waals surface area contributed by atoms with E-state index in [0.29, 0.717) is 84.1 Å². The maximum Gasteiger partial charge on any atom is 0.163 e. The van der Waals surface area contributed by atoms with Crippen molar-refractivity contribution in [2.24, 2.45) is 11.5 Å². The van der Waals surface area contributed by atoms with Gasteiger partial charge in [-0.15, -0.1) is 0 Å². The smallest absolute Gasteiger partial charge is 0.163 e. The second kappa shape index (κ2) is 34.0. The second-order valence-corrected chi connectivity index (χ2v) is 13.9. The van der Waals surface area contributed by atoms with E-state index in [-0.39, 0.29) is 49.6 Å². The fourth-order valence-corrected chi connectivity index (χ4v) is 5.97. The Hall–Kier alpha value is -4.76. The highest BCUT2D eigenvalue weighted by Gasteiger charge is 2.12. The summed E-state index contributed by atoms with van der Waals surface area (Å²) in [6.07, 6.45) is 7.14. The van der Waals surface area contributed by atoms with E-state index in [0.717, 1.165) is 50.8 Å².